The Balaban J connectivity index is 1.78. The van der Waals surface area contributed by atoms with Crippen LogP contribution in [-0.4, -0.2) is 59.6 Å². The minimum atomic E-state index is -1.05. The van der Waals surface area contributed by atoms with E-state index in [9.17, 15) is 14.4 Å². The van der Waals surface area contributed by atoms with Gasteiger partial charge in [0, 0.05) is 13.1 Å². The minimum Gasteiger partial charge on any atom is -0.479 e. The summed E-state index contributed by atoms with van der Waals surface area (Å²) in [4.78, 5) is 35.6. The summed E-state index contributed by atoms with van der Waals surface area (Å²) in [6.45, 7) is -0.0209. The lowest BCUT2D eigenvalue weighted by molar-refractivity contribution is -0.155. The summed E-state index contributed by atoms with van der Waals surface area (Å²) in [6.07, 6.45) is 1.03. The third kappa shape index (κ3) is 3.66. The summed E-state index contributed by atoms with van der Waals surface area (Å²) in [5.74, 6) is -1.58. The number of hydrogen-bond acceptors (Lipinski definition) is 4. The van der Waals surface area contributed by atoms with E-state index in [0.717, 1.165) is 12.8 Å². The van der Waals surface area contributed by atoms with Crippen LogP contribution >= 0.6 is 0 Å². The number of likely N-dealkylation sites (N-methyl/N-ethyl adjacent to an activating group) is 1. The number of ether oxygens (including phenoxy) is 1. The molecule has 0 aromatic rings. The summed E-state index contributed by atoms with van der Waals surface area (Å²) < 4.78 is 5.16. The minimum absolute atomic E-state index is 0.0209. The van der Waals surface area contributed by atoms with Gasteiger partial charge in [-0.1, -0.05) is 0 Å². The Labute approximate surface area is 110 Å². The van der Waals surface area contributed by atoms with Gasteiger partial charge in [0.25, 0.3) is 5.91 Å². The number of nitrogens with zero attached hydrogens (tertiary/aromatic N) is 1. The molecule has 0 radical (unpaired) electrons. The third-order valence-electron chi connectivity index (χ3n) is 3.27. The van der Waals surface area contributed by atoms with E-state index in [2.05, 4.69) is 5.32 Å². The van der Waals surface area contributed by atoms with Gasteiger partial charge in [-0.15, -0.1) is 0 Å². The average molecular weight is 270 g/mol. The summed E-state index contributed by atoms with van der Waals surface area (Å²) in [5.41, 5.74) is 0. The quantitative estimate of drug-likeness (QED) is 0.692. The molecule has 0 bridgehead atoms. The lowest BCUT2D eigenvalue weighted by Gasteiger charge is -2.20. The molecule has 0 aromatic heterocycles. The van der Waals surface area contributed by atoms with E-state index < -0.39 is 18.2 Å². The lowest BCUT2D eigenvalue weighted by Crippen LogP contribution is -2.43. The molecule has 0 spiro atoms. The molecule has 1 aliphatic carbocycles. The van der Waals surface area contributed by atoms with Gasteiger partial charge in [-0.05, 0) is 25.7 Å². The molecule has 2 amide bonds. The highest BCUT2D eigenvalue weighted by atomic mass is 16.5. The number of rotatable bonds is 5. The van der Waals surface area contributed by atoms with Crippen LogP contribution in [0, 0.1) is 0 Å². The second kappa shape index (κ2) is 5.56. The maximum Gasteiger partial charge on any atom is 0.332 e. The van der Waals surface area contributed by atoms with Crippen LogP contribution in [-0.2, 0) is 19.1 Å². The van der Waals surface area contributed by atoms with E-state index in [1.54, 1.807) is 0 Å². The number of nitrogens with one attached hydrogen (secondary N) is 1. The molecule has 1 aliphatic heterocycles. The van der Waals surface area contributed by atoms with Crippen molar-refractivity contribution in [1.82, 2.24) is 10.2 Å². The van der Waals surface area contributed by atoms with Gasteiger partial charge in [-0.2, -0.15) is 0 Å². The van der Waals surface area contributed by atoms with E-state index in [1.165, 1.54) is 11.9 Å². The Bertz CT molecular complexity index is 394. The number of carbonyl (C=O) groups is 3. The summed E-state index contributed by atoms with van der Waals surface area (Å²) in [7, 11) is 1.52. The first-order valence-corrected chi connectivity index (χ1v) is 6.40. The van der Waals surface area contributed by atoms with Gasteiger partial charge < -0.3 is 20.1 Å². The number of carboxylic acid groups (broad SMARTS) is 1. The fourth-order valence-electron chi connectivity index (χ4n) is 2.04. The van der Waals surface area contributed by atoms with Gasteiger partial charge in [-0.25, -0.2) is 4.79 Å². The van der Waals surface area contributed by atoms with Gasteiger partial charge in [-0.3, -0.25) is 9.59 Å². The van der Waals surface area contributed by atoms with Gasteiger partial charge in [0.15, 0.2) is 6.10 Å². The zero-order valence-electron chi connectivity index (χ0n) is 10.8. The molecule has 106 valence electrons. The summed E-state index contributed by atoms with van der Waals surface area (Å²) in [6, 6.07) is 0.259. The number of aliphatic carboxylic acids is 1. The molecule has 2 aliphatic rings. The molecule has 1 saturated carbocycles. The third-order valence-corrected chi connectivity index (χ3v) is 3.27. The Morgan fingerprint density at radius 1 is 1.21 bits per heavy atom. The second-order valence-electron chi connectivity index (χ2n) is 5.07. The normalized spacial score (nSPS) is 25.9. The molecule has 19 heavy (non-hydrogen) atoms. The molecule has 1 saturated heterocycles. The molecular weight excluding hydrogens is 252 g/mol. The van der Waals surface area contributed by atoms with Crippen LogP contribution in [0.15, 0.2) is 0 Å². The van der Waals surface area contributed by atoms with Gasteiger partial charge in [0.05, 0.1) is 6.54 Å². The Morgan fingerprint density at radius 3 is 2.37 bits per heavy atom. The smallest absolute Gasteiger partial charge is 0.332 e. The zero-order valence-corrected chi connectivity index (χ0v) is 10.8. The van der Waals surface area contributed by atoms with E-state index in [-0.39, 0.29) is 24.4 Å². The zero-order chi connectivity index (χ0) is 14.0. The molecule has 2 N–H and O–H groups in total. The van der Waals surface area contributed by atoms with Crippen LogP contribution in [0.5, 0.6) is 0 Å². The number of carboxylic acids is 1. The first-order chi connectivity index (χ1) is 8.97. The maximum atomic E-state index is 12.0. The standard InChI is InChI=1S/C12H18N2O5/c1-14(6-10(15)13-7-2-3-7)11(16)8-4-5-9(19-8)12(17)18/h7-9H,2-6H2,1H3,(H,13,15)(H,17,18). The number of amides is 2. The average Bonchev–Trinajstić information content (AvgIpc) is 3.00. The van der Waals surface area contributed by atoms with Crippen LogP contribution in [0.3, 0.4) is 0 Å². The number of carbonyl (C=O) groups excluding carboxylic acids is 2. The van der Waals surface area contributed by atoms with Gasteiger partial charge in [0.2, 0.25) is 5.91 Å². The van der Waals surface area contributed by atoms with Crippen molar-refractivity contribution in [2.75, 3.05) is 13.6 Å². The number of hydrogen-bond donors (Lipinski definition) is 2. The van der Waals surface area contributed by atoms with E-state index >= 15 is 0 Å². The fourth-order valence-corrected chi connectivity index (χ4v) is 2.04. The summed E-state index contributed by atoms with van der Waals surface area (Å²) >= 11 is 0. The second-order valence-corrected chi connectivity index (χ2v) is 5.07. The van der Waals surface area contributed by atoms with E-state index in [1.807, 2.05) is 0 Å². The molecule has 0 aromatic carbocycles. The van der Waals surface area contributed by atoms with Crippen LogP contribution in [0.4, 0.5) is 0 Å². The van der Waals surface area contributed by atoms with Crippen molar-refractivity contribution in [1.29, 1.82) is 0 Å². The Hall–Kier alpha value is -1.63. The maximum absolute atomic E-state index is 12.0. The van der Waals surface area contributed by atoms with E-state index in [0.29, 0.717) is 12.8 Å². The molecule has 2 atom stereocenters. The van der Waals surface area contributed by atoms with Gasteiger partial charge in [0.1, 0.15) is 6.10 Å². The van der Waals surface area contributed by atoms with Crippen molar-refractivity contribution in [3.8, 4) is 0 Å². The Kier molecular flexibility index (Phi) is 4.04. The first kappa shape index (κ1) is 13.8. The topological polar surface area (TPSA) is 95.9 Å². The molecule has 7 heteroatoms. The molecule has 1 heterocycles. The van der Waals surface area contributed by atoms with Crippen LogP contribution < -0.4 is 5.32 Å². The van der Waals surface area contributed by atoms with E-state index in [4.69, 9.17) is 9.84 Å². The highest BCUT2D eigenvalue weighted by molar-refractivity contribution is 5.87. The SMILES string of the molecule is CN(CC(=O)NC1CC1)C(=O)C1CCC(C(=O)O)O1. The van der Waals surface area contributed by atoms with Crippen molar-refractivity contribution < 1.29 is 24.2 Å². The lowest BCUT2D eigenvalue weighted by atomic mass is 10.2. The van der Waals surface area contributed by atoms with Crippen LogP contribution in [0.1, 0.15) is 25.7 Å². The molecule has 2 fully saturated rings. The fraction of sp³-hybridized carbons (Fsp3) is 0.750. The summed E-state index contributed by atoms with van der Waals surface area (Å²) in [5, 5.41) is 11.6. The highest BCUT2D eigenvalue weighted by Gasteiger charge is 2.36. The van der Waals surface area contributed by atoms with Crippen molar-refractivity contribution in [2.45, 2.75) is 43.9 Å². The van der Waals surface area contributed by atoms with Crippen LogP contribution in [0.2, 0.25) is 0 Å². The van der Waals surface area contributed by atoms with Crippen LogP contribution in [0.25, 0.3) is 0 Å². The molecular formula is C12H18N2O5. The molecule has 2 unspecified atom stereocenters. The van der Waals surface area contributed by atoms with Crippen molar-refractivity contribution >= 4 is 17.8 Å². The monoisotopic (exact) mass is 270 g/mol. The predicted octanol–water partition coefficient (Wildman–Crippen LogP) is -0.644. The molecule has 2 rings (SSSR count). The first-order valence-electron chi connectivity index (χ1n) is 6.40. The predicted molar refractivity (Wildman–Crippen MR) is 64.3 cm³/mol. The van der Waals surface area contributed by atoms with Crippen molar-refractivity contribution in [3.63, 3.8) is 0 Å². The highest BCUT2D eigenvalue weighted by Crippen LogP contribution is 2.21. The van der Waals surface area contributed by atoms with Crippen molar-refractivity contribution in [2.24, 2.45) is 0 Å². The Morgan fingerprint density at radius 2 is 1.84 bits per heavy atom. The van der Waals surface area contributed by atoms with Crippen molar-refractivity contribution in [3.05, 3.63) is 0 Å². The largest absolute Gasteiger partial charge is 0.479 e. The molecule has 7 nitrogen and oxygen atoms in total. The van der Waals surface area contributed by atoms with Gasteiger partial charge >= 0.3 is 5.97 Å².